The number of Topliss-reactive ketones (excluding diaryl/α,β-unsaturated/α-hetero) is 1. The summed E-state index contributed by atoms with van der Waals surface area (Å²) in [5, 5.41) is 8.89. The summed E-state index contributed by atoms with van der Waals surface area (Å²) in [6, 6.07) is -0.949. The minimum Gasteiger partial charge on any atom is -0.520 e. The van der Waals surface area contributed by atoms with E-state index in [2.05, 4.69) is 5.32 Å². The van der Waals surface area contributed by atoms with Gasteiger partial charge in [-0.2, -0.15) is 6.41 Å². The van der Waals surface area contributed by atoms with Crippen molar-refractivity contribution in [2.75, 3.05) is 33.5 Å². The Morgan fingerprint density at radius 1 is 1.29 bits per heavy atom. The normalized spacial score (nSPS) is 10.9. The van der Waals surface area contributed by atoms with Gasteiger partial charge in [0.1, 0.15) is 6.61 Å². The number of esters is 1. The Hall–Kier alpha value is -2.80. The molecule has 1 atom stereocenters. The quantitative estimate of drug-likeness (QED) is 0.103. The fourth-order valence-electron chi connectivity index (χ4n) is 1.22. The molecule has 0 rings (SSSR count). The largest absolute Gasteiger partial charge is 0.520 e. The predicted octanol–water partition coefficient (Wildman–Crippen LogP) is -0.783. The summed E-state index contributed by atoms with van der Waals surface area (Å²) in [7, 11) is 1.55. The number of nitrogens with one attached hydrogen (secondary N) is 2. The second kappa shape index (κ2) is 13.6. The van der Waals surface area contributed by atoms with Crippen LogP contribution in [0.25, 0.3) is 0 Å². The van der Waals surface area contributed by atoms with Crippen LogP contribution in [0.15, 0.2) is 0 Å². The molecule has 1 unspecified atom stereocenters. The van der Waals surface area contributed by atoms with Gasteiger partial charge in [0.05, 0.1) is 32.1 Å². The van der Waals surface area contributed by atoms with Gasteiger partial charge >= 0.3 is 5.97 Å². The Labute approximate surface area is 117 Å². The van der Waals surface area contributed by atoms with Gasteiger partial charge in [-0.05, 0) is 6.42 Å². The first-order valence-electron chi connectivity index (χ1n) is 6.05. The Kier molecular flexibility index (Phi) is 13.3. The summed E-state index contributed by atoms with van der Waals surface area (Å²) in [5.41, 5.74) is 0. The van der Waals surface area contributed by atoms with Gasteiger partial charge in [0.2, 0.25) is 0 Å². The third-order valence-electron chi connectivity index (χ3n) is 2.26. The molecule has 0 heterocycles. The molecule has 1 amide bonds. The first kappa shape index (κ1) is 20.5. The van der Waals surface area contributed by atoms with Gasteiger partial charge in [-0.1, -0.05) is 0 Å². The van der Waals surface area contributed by atoms with Crippen molar-refractivity contribution in [3.05, 3.63) is 0 Å². The average Bonchev–Trinajstić information content (AvgIpc) is 2.46. The number of hydrogen-bond donors (Lipinski definition) is 2. The maximum absolute atomic E-state index is 11.6. The van der Waals surface area contributed by atoms with E-state index in [1.54, 1.807) is 7.11 Å². The van der Waals surface area contributed by atoms with E-state index in [1.165, 1.54) is 6.41 Å². The maximum atomic E-state index is 11.6. The maximum Gasteiger partial charge on any atom is 0.326 e. The molecular formula is C12H19FmN2O6-. The van der Waals surface area contributed by atoms with Crippen LogP contribution >= 0.6 is 0 Å². The molecule has 0 spiro atoms. The van der Waals surface area contributed by atoms with E-state index in [9.17, 15) is 14.4 Å². The van der Waals surface area contributed by atoms with Crippen LogP contribution in [0.5, 0.6) is 0 Å². The molecule has 0 fully saturated rings. The topological polar surface area (TPSA) is 115 Å². The third kappa shape index (κ3) is 10.8. The minimum atomic E-state index is -0.949. The fourth-order valence-corrected chi connectivity index (χ4v) is 1.22. The van der Waals surface area contributed by atoms with E-state index in [4.69, 9.17) is 19.6 Å². The van der Waals surface area contributed by atoms with Crippen LogP contribution < -0.4 is 5.32 Å². The molecule has 0 aromatic rings. The molecule has 126 valence electrons. The summed E-state index contributed by atoms with van der Waals surface area (Å²) in [5.74, 6) is -1.10. The number of amides is 1. The first-order valence-corrected chi connectivity index (χ1v) is 6.05. The fraction of sp³-hybridized carbons (Fsp3) is 0.667. The van der Waals surface area contributed by atoms with E-state index in [0.29, 0.717) is 19.4 Å². The zero-order chi connectivity index (χ0) is 15.2. The summed E-state index contributed by atoms with van der Waals surface area (Å²) < 4.78 is 14.8. The summed E-state index contributed by atoms with van der Waals surface area (Å²) in [6.07, 6.45) is 2.09. The van der Waals surface area contributed by atoms with Crippen molar-refractivity contribution < 1.29 is 28.6 Å². The van der Waals surface area contributed by atoms with Crippen LogP contribution in [0.3, 0.4) is 0 Å². The molecule has 0 aliphatic carbocycles. The number of rotatable bonds is 13. The summed E-state index contributed by atoms with van der Waals surface area (Å²) in [4.78, 5) is 32.8. The Bertz CT molecular complexity index is 327. The van der Waals surface area contributed by atoms with Crippen LogP contribution in [-0.4, -0.2) is 64.0 Å². The Morgan fingerprint density at radius 2 is 1.95 bits per heavy atom. The molecule has 0 aromatic heterocycles. The minimum absolute atomic E-state index is 0. The van der Waals surface area contributed by atoms with Crippen molar-refractivity contribution in [1.82, 2.24) is 5.32 Å². The molecule has 0 radical (unpaired) electrons. The number of carbonyl (C=O) groups excluding carboxylic acids is 3. The van der Waals surface area contributed by atoms with E-state index in [-0.39, 0.29) is 26.1 Å². The number of carbonyl (C=O) groups is 2. The van der Waals surface area contributed by atoms with Gasteiger partial charge in [0.25, 0.3) is 0 Å². The molecule has 0 bridgehead atoms. The van der Waals surface area contributed by atoms with Gasteiger partial charge in [-0.15, -0.1) is 0 Å². The summed E-state index contributed by atoms with van der Waals surface area (Å²) >= 11 is 0. The van der Waals surface area contributed by atoms with E-state index in [0.717, 1.165) is 0 Å². The third-order valence-corrected chi connectivity index (χ3v) is 2.26. The summed E-state index contributed by atoms with van der Waals surface area (Å²) in [6.45, 7) is 1.10. The molecular weight excluding hydrogens is 525 g/mol. The molecule has 9 heteroatoms. The van der Waals surface area contributed by atoms with Crippen molar-refractivity contribution in [3.63, 3.8) is 0 Å². The molecule has 0 saturated carbocycles. The number of ketones is 1. The Morgan fingerprint density at radius 3 is 2.52 bits per heavy atom. The number of methoxy groups -OCH3 is 1. The molecule has 0 aliphatic rings. The second-order valence-corrected chi connectivity index (χ2v) is 3.72. The smallest absolute Gasteiger partial charge is 0.326 e. The van der Waals surface area contributed by atoms with Gasteiger partial charge < -0.3 is 29.7 Å². The molecule has 8 nitrogen and oxygen atoms in total. The number of ether oxygens (including phenoxy) is 3. The standard InChI is InChI=1S/C12H19N2O6.Fm/c1-18-4-5-19-6-7-20-12(17)11(14-9-15)3-2-10(16)8-13;/h8,11,13H,2-7H2,1H3,(H,14,15);/q-1;. The molecule has 0 aromatic carbocycles. The Balaban J connectivity index is 0. The van der Waals surface area contributed by atoms with E-state index >= 15 is 0 Å². The van der Waals surface area contributed by atoms with Crippen molar-refractivity contribution in [3.8, 4) is 0 Å². The SMILES string of the molecule is COCCOCCOC(=O)C(CCC(=O)C=N)N[C-]=O.[Fm]. The van der Waals surface area contributed by atoms with Crippen LogP contribution in [0.4, 0.5) is 0 Å². The van der Waals surface area contributed by atoms with Crippen molar-refractivity contribution in [2.45, 2.75) is 18.9 Å². The van der Waals surface area contributed by atoms with Gasteiger partial charge in [-0.25, -0.2) is 4.79 Å². The van der Waals surface area contributed by atoms with Crippen molar-refractivity contribution in [1.29, 1.82) is 5.41 Å². The molecule has 0 aliphatic heterocycles. The zero-order valence-electron chi connectivity index (χ0n) is 11.6. The molecule has 2 N–H and O–H groups in total. The van der Waals surface area contributed by atoms with Crippen molar-refractivity contribution in [2.24, 2.45) is 0 Å². The average molecular weight is 544 g/mol. The number of hydrogen-bond acceptors (Lipinski definition) is 7. The first-order chi connectivity index (χ1) is 9.65. The van der Waals surface area contributed by atoms with E-state index in [1.807, 2.05) is 0 Å². The second-order valence-electron chi connectivity index (χ2n) is 3.72. The molecule has 21 heavy (non-hydrogen) atoms. The molecule has 0 saturated heterocycles. The predicted molar refractivity (Wildman–Crippen MR) is 69.3 cm³/mol. The van der Waals surface area contributed by atoms with Gasteiger partial charge in [0, 0.05) is 13.5 Å². The van der Waals surface area contributed by atoms with Gasteiger partial charge in [0.15, 0.2) is 5.78 Å². The van der Waals surface area contributed by atoms with E-state index < -0.39 is 17.8 Å². The zero-order valence-corrected chi connectivity index (χ0v) is 14.0. The monoisotopic (exact) mass is 544 g/mol. The van der Waals surface area contributed by atoms with Crippen LogP contribution in [0.1, 0.15) is 12.8 Å². The van der Waals surface area contributed by atoms with Gasteiger partial charge in [-0.3, -0.25) is 4.79 Å². The van der Waals surface area contributed by atoms with Crippen LogP contribution in [0, 0.1) is 5.41 Å². The van der Waals surface area contributed by atoms with Crippen molar-refractivity contribution >= 4 is 24.4 Å². The van der Waals surface area contributed by atoms with Crippen LogP contribution in [0.2, 0.25) is 0 Å². The van der Waals surface area contributed by atoms with Crippen LogP contribution in [-0.2, 0) is 28.6 Å².